The topological polar surface area (TPSA) is 81.2 Å². The maximum Gasteiger partial charge on any atom is 0.418 e. The van der Waals surface area contributed by atoms with Crippen LogP contribution in [0.1, 0.15) is 27.4 Å². The normalized spacial score (nSPS) is 11.4. The van der Waals surface area contributed by atoms with Crippen molar-refractivity contribution in [1.82, 2.24) is 10.5 Å². The number of nitrogen functional groups attached to an aromatic ring is 1. The maximum absolute atomic E-state index is 12.7. The van der Waals surface area contributed by atoms with E-state index in [1.54, 1.807) is 13.0 Å². The second kappa shape index (κ2) is 5.47. The Bertz CT molecular complexity index is 665. The van der Waals surface area contributed by atoms with Crippen molar-refractivity contribution in [2.45, 2.75) is 19.6 Å². The zero-order valence-electron chi connectivity index (χ0n) is 11.0. The highest BCUT2D eigenvalue weighted by atomic mass is 19.4. The van der Waals surface area contributed by atoms with Crippen LogP contribution >= 0.6 is 0 Å². The van der Waals surface area contributed by atoms with Crippen LogP contribution in [0.25, 0.3) is 0 Å². The molecule has 0 atom stereocenters. The summed E-state index contributed by atoms with van der Waals surface area (Å²) in [7, 11) is 0. The van der Waals surface area contributed by atoms with Gasteiger partial charge in [0.05, 0.1) is 17.8 Å². The Morgan fingerprint density at radius 2 is 2.10 bits per heavy atom. The molecule has 2 rings (SSSR count). The molecule has 0 aliphatic heterocycles. The predicted molar refractivity (Wildman–Crippen MR) is 68.3 cm³/mol. The first-order chi connectivity index (χ1) is 9.77. The van der Waals surface area contributed by atoms with Crippen LogP contribution < -0.4 is 11.1 Å². The molecule has 3 N–H and O–H groups in total. The van der Waals surface area contributed by atoms with Gasteiger partial charge in [-0.1, -0.05) is 5.16 Å². The molecule has 0 saturated carbocycles. The van der Waals surface area contributed by atoms with E-state index >= 15 is 0 Å². The molecule has 0 unspecified atom stereocenters. The molecule has 21 heavy (non-hydrogen) atoms. The number of nitrogens with two attached hydrogens (primary N) is 1. The number of benzene rings is 1. The molecular formula is C13H12F3N3O2. The summed E-state index contributed by atoms with van der Waals surface area (Å²) in [6.45, 7) is 1.75. The Labute approximate surface area is 117 Å². The largest absolute Gasteiger partial charge is 0.418 e. The molecule has 0 radical (unpaired) electrons. The fraction of sp³-hybridized carbons (Fsp3) is 0.231. The second-order valence-electron chi connectivity index (χ2n) is 4.42. The number of aromatic nitrogens is 1. The lowest BCUT2D eigenvalue weighted by atomic mass is 10.1. The monoisotopic (exact) mass is 299 g/mol. The van der Waals surface area contributed by atoms with Crippen LogP contribution in [0.5, 0.6) is 0 Å². The highest BCUT2D eigenvalue weighted by molar-refractivity contribution is 5.94. The van der Waals surface area contributed by atoms with Crippen molar-refractivity contribution in [3.8, 4) is 0 Å². The number of nitrogens with one attached hydrogen (secondary N) is 1. The van der Waals surface area contributed by atoms with Crippen LogP contribution in [0.4, 0.5) is 18.9 Å². The van der Waals surface area contributed by atoms with Gasteiger partial charge in [0.15, 0.2) is 5.76 Å². The minimum absolute atomic E-state index is 0.0331. The molecule has 112 valence electrons. The lowest BCUT2D eigenvalue weighted by molar-refractivity contribution is -0.136. The summed E-state index contributed by atoms with van der Waals surface area (Å²) in [5.74, 6) is -0.248. The Morgan fingerprint density at radius 1 is 1.38 bits per heavy atom. The molecule has 0 fully saturated rings. The van der Waals surface area contributed by atoms with Crippen LogP contribution in [-0.4, -0.2) is 11.1 Å². The van der Waals surface area contributed by atoms with Gasteiger partial charge in [0.2, 0.25) is 0 Å². The number of hydrogen-bond donors (Lipinski definition) is 2. The number of hydrogen-bond acceptors (Lipinski definition) is 4. The quantitative estimate of drug-likeness (QED) is 0.853. The third-order valence-corrected chi connectivity index (χ3v) is 2.72. The van der Waals surface area contributed by atoms with Crippen molar-refractivity contribution in [2.75, 3.05) is 5.73 Å². The van der Waals surface area contributed by atoms with E-state index in [2.05, 4.69) is 10.5 Å². The Hall–Kier alpha value is -2.51. The van der Waals surface area contributed by atoms with E-state index in [4.69, 9.17) is 10.3 Å². The van der Waals surface area contributed by atoms with E-state index in [0.717, 1.165) is 12.1 Å². The zero-order chi connectivity index (χ0) is 15.6. The minimum atomic E-state index is -4.61. The summed E-state index contributed by atoms with van der Waals surface area (Å²) in [6.07, 6.45) is -4.61. The van der Waals surface area contributed by atoms with E-state index in [1.807, 2.05) is 0 Å². The Kier molecular flexibility index (Phi) is 3.88. The smallest absolute Gasteiger partial charge is 0.398 e. The average molecular weight is 299 g/mol. The molecule has 1 aromatic heterocycles. The van der Waals surface area contributed by atoms with Gasteiger partial charge in [0.1, 0.15) is 0 Å². The molecule has 5 nitrogen and oxygen atoms in total. The maximum atomic E-state index is 12.7. The number of alkyl halides is 3. The fourth-order valence-corrected chi connectivity index (χ4v) is 1.71. The second-order valence-corrected chi connectivity index (χ2v) is 4.42. The molecule has 1 heterocycles. The van der Waals surface area contributed by atoms with E-state index < -0.39 is 23.3 Å². The first-order valence-corrected chi connectivity index (χ1v) is 5.94. The van der Waals surface area contributed by atoms with Gasteiger partial charge in [0, 0.05) is 17.3 Å². The lowest BCUT2D eigenvalue weighted by Crippen LogP contribution is -2.23. The van der Waals surface area contributed by atoms with E-state index in [0.29, 0.717) is 11.5 Å². The first-order valence-electron chi connectivity index (χ1n) is 5.94. The summed E-state index contributed by atoms with van der Waals surface area (Å²) in [6, 6.07) is 4.61. The molecule has 0 aliphatic carbocycles. The van der Waals surface area contributed by atoms with Gasteiger partial charge in [0.25, 0.3) is 5.91 Å². The molecule has 1 aromatic carbocycles. The molecule has 0 saturated heterocycles. The van der Waals surface area contributed by atoms with E-state index in [1.165, 1.54) is 6.07 Å². The average Bonchev–Trinajstić information content (AvgIpc) is 2.81. The number of carbonyl (C=O) groups is 1. The first kappa shape index (κ1) is 14.9. The van der Waals surface area contributed by atoms with Crippen molar-refractivity contribution in [2.24, 2.45) is 0 Å². The van der Waals surface area contributed by atoms with Crippen molar-refractivity contribution in [1.29, 1.82) is 0 Å². The number of anilines is 1. The molecule has 0 bridgehead atoms. The lowest BCUT2D eigenvalue weighted by Gasteiger charge is -2.11. The molecule has 0 spiro atoms. The van der Waals surface area contributed by atoms with E-state index in [9.17, 15) is 18.0 Å². The van der Waals surface area contributed by atoms with Gasteiger partial charge >= 0.3 is 6.18 Å². The van der Waals surface area contributed by atoms with Crippen LogP contribution in [0.15, 0.2) is 28.8 Å². The third-order valence-electron chi connectivity index (χ3n) is 2.72. The van der Waals surface area contributed by atoms with Crippen LogP contribution in [0.3, 0.4) is 0 Å². The number of carbonyl (C=O) groups excluding carboxylic acids is 1. The summed E-state index contributed by atoms with van der Waals surface area (Å²) in [4.78, 5) is 11.8. The van der Waals surface area contributed by atoms with Crippen LogP contribution in [0, 0.1) is 6.92 Å². The van der Waals surface area contributed by atoms with E-state index in [-0.39, 0.29) is 12.1 Å². The molecule has 8 heteroatoms. The summed E-state index contributed by atoms with van der Waals surface area (Å²) in [5, 5.41) is 6.08. The van der Waals surface area contributed by atoms with Gasteiger partial charge in [-0.05, 0) is 25.1 Å². The third kappa shape index (κ3) is 3.53. The Balaban J connectivity index is 2.12. The molecule has 1 amide bonds. The number of nitrogens with zero attached hydrogens (tertiary/aromatic N) is 1. The molecule has 0 aliphatic rings. The van der Waals surface area contributed by atoms with Gasteiger partial charge in [-0.2, -0.15) is 13.2 Å². The van der Waals surface area contributed by atoms with Crippen molar-refractivity contribution < 1.29 is 22.5 Å². The summed E-state index contributed by atoms with van der Waals surface area (Å²) in [5.41, 5.74) is 4.32. The highest BCUT2D eigenvalue weighted by Crippen LogP contribution is 2.33. The summed E-state index contributed by atoms with van der Waals surface area (Å²) < 4.78 is 43.0. The predicted octanol–water partition coefficient (Wildman–Crippen LogP) is 2.51. The minimum Gasteiger partial charge on any atom is -0.398 e. The van der Waals surface area contributed by atoms with Gasteiger partial charge in [-0.3, -0.25) is 4.79 Å². The van der Waals surface area contributed by atoms with Crippen LogP contribution in [0.2, 0.25) is 0 Å². The number of aryl methyl sites for hydroxylation is 1. The fourth-order valence-electron chi connectivity index (χ4n) is 1.71. The standard InChI is InChI=1S/C13H12F3N3O2/c1-7-4-9(21-19-7)6-18-12(20)8-2-3-11(17)10(5-8)13(14,15)16/h2-5H,6,17H2,1H3,(H,18,20). The van der Waals surface area contributed by atoms with Gasteiger partial charge < -0.3 is 15.6 Å². The van der Waals surface area contributed by atoms with Crippen molar-refractivity contribution in [3.05, 3.63) is 46.8 Å². The van der Waals surface area contributed by atoms with Crippen LogP contribution in [-0.2, 0) is 12.7 Å². The number of amides is 1. The molecule has 2 aromatic rings. The Morgan fingerprint density at radius 3 is 2.67 bits per heavy atom. The van der Waals surface area contributed by atoms with Gasteiger partial charge in [-0.15, -0.1) is 0 Å². The zero-order valence-corrected chi connectivity index (χ0v) is 11.0. The summed E-state index contributed by atoms with van der Waals surface area (Å²) >= 11 is 0. The van der Waals surface area contributed by atoms with Crippen molar-refractivity contribution >= 4 is 11.6 Å². The number of rotatable bonds is 3. The van der Waals surface area contributed by atoms with Gasteiger partial charge in [-0.25, -0.2) is 0 Å². The highest BCUT2D eigenvalue weighted by Gasteiger charge is 2.33. The SMILES string of the molecule is Cc1cc(CNC(=O)c2ccc(N)c(C(F)(F)F)c2)on1. The number of halogens is 3. The molecular weight excluding hydrogens is 287 g/mol. The van der Waals surface area contributed by atoms with Crippen molar-refractivity contribution in [3.63, 3.8) is 0 Å².